The molecule has 0 saturated heterocycles. The maximum atomic E-state index is 6.05. The molecule has 0 spiro atoms. The van der Waals surface area contributed by atoms with Crippen LogP contribution in [0.3, 0.4) is 0 Å². The fraction of sp³-hybridized carbons (Fsp3) is 0.333. The topological polar surface area (TPSA) is 21.3 Å². The van der Waals surface area contributed by atoms with Crippen LogP contribution in [0.25, 0.3) is 0 Å². The maximum absolute atomic E-state index is 6.05. The van der Waals surface area contributed by atoms with Crippen LogP contribution in [-0.4, -0.2) is 13.7 Å². The molecule has 1 N–H and O–H groups in total. The first-order chi connectivity index (χ1) is 9.67. The molecule has 1 aromatic carbocycles. The highest BCUT2D eigenvalue weighted by molar-refractivity contribution is 9.10. The molecule has 108 valence electrons. The van der Waals surface area contributed by atoms with Crippen molar-refractivity contribution in [2.45, 2.75) is 19.4 Å². The smallest absolute Gasteiger partial charge is 0.125 e. The Morgan fingerprint density at radius 2 is 2.20 bits per heavy atom. The molecular formula is C15H17BrClNOS. The summed E-state index contributed by atoms with van der Waals surface area (Å²) in [6.45, 7) is 3.10. The molecule has 0 aliphatic heterocycles. The van der Waals surface area contributed by atoms with Gasteiger partial charge in [0.25, 0.3) is 0 Å². The average Bonchev–Trinajstić information content (AvgIpc) is 2.86. The van der Waals surface area contributed by atoms with Crippen LogP contribution in [0.5, 0.6) is 5.75 Å². The predicted molar refractivity (Wildman–Crippen MR) is 90.2 cm³/mol. The van der Waals surface area contributed by atoms with Gasteiger partial charge < -0.3 is 10.1 Å². The highest BCUT2D eigenvalue weighted by Gasteiger charge is 2.21. The number of nitrogens with one attached hydrogen (secondary N) is 1. The standard InChI is InChI=1S/C15H17BrClNOS/c1-3-7-18-14(15-12(16)6-8-20-15)11-5-4-10(17)9-13(11)19-2/h4-6,8-9,14,18H,3,7H2,1-2H3. The van der Waals surface area contributed by atoms with Gasteiger partial charge in [-0.15, -0.1) is 11.3 Å². The lowest BCUT2D eigenvalue weighted by atomic mass is 10.0. The van der Waals surface area contributed by atoms with Crippen molar-refractivity contribution >= 4 is 38.9 Å². The van der Waals surface area contributed by atoms with Crippen LogP contribution in [-0.2, 0) is 0 Å². The van der Waals surface area contributed by atoms with Gasteiger partial charge in [0.15, 0.2) is 0 Å². The number of ether oxygens (including phenoxy) is 1. The van der Waals surface area contributed by atoms with E-state index in [9.17, 15) is 0 Å². The zero-order valence-corrected chi connectivity index (χ0v) is 14.6. The number of benzene rings is 1. The number of halogens is 2. The number of hydrogen-bond acceptors (Lipinski definition) is 3. The van der Waals surface area contributed by atoms with Gasteiger partial charge in [0.1, 0.15) is 5.75 Å². The summed E-state index contributed by atoms with van der Waals surface area (Å²) in [7, 11) is 1.68. The van der Waals surface area contributed by atoms with Crippen molar-refractivity contribution in [3.63, 3.8) is 0 Å². The molecule has 2 rings (SSSR count). The minimum atomic E-state index is 0.108. The van der Waals surface area contributed by atoms with Gasteiger partial charge in [-0.05, 0) is 52.5 Å². The fourth-order valence-electron chi connectivity index (χ4n) is 2.07. The molecule has 1 aromatic heterocycles. The molecule has 2 aromatic rings. The van der Waals surface area contributed by atoms with Gasteiger partial charge in [-0.25, -0.2) is 0 Å². The Hall–Kier alpha value is -0.550. The van der Waals surface area contributed by atoms with Crippen LogP contribution in [0.2, 0.25) is 5.02 Å². The summed E-state index contributed by atoms with van der Waals surface area (Å²) in [4.78, 5) is 1.25. The molecule has 0 bridgehead atoms. The molecule has 0 amide bonds. The zero-order chi connectivity index (χ0) is 14.5. The molecular weight excluding hydrogens is 358 g/mol. The molecule has 20 heavy (non-hydrogen) atoms. The number of rotatable bonds is 6. The lowest BCUT2D eigenvalue weighted by Crippen LogP contribution is -2.23. The largest absolute Gasteiger partial charge is 0.496 e. The van der Waals surface area contributed by atoms with E-state index in [0.717, 1.165) is 28.8 Å². The van der Waals surface area contributed by atoms with Crippen molar-refractivity contribution in [3.05, 3.63) is 49.6 Å². The van der Waals surface area contributed by atoms with Crippen LogP contribution >= 0.6 is 38.9 Å². The second-order valence-electron chi connectivity index (χ2n) is 4.41. The Labute approximate surface area is 137 Å². The van der Waals surface area contributed by atoms with Gasteiger partial charge in [-0.1, -0.05) is 24.6 Å². The Balaban J connectivity index is 2.43. The number of hydrogen-bond donors (Lipinski definition) is 1. The highest BCUT2D eigenvalue weighted by atomic mass is 79.9. The summed E-state index contributed by atoms with van der Waals surface area (Å²) in [5.74, 6) is 0.811. The maximum Gasteiger partial charge on any atom is 0.125 e. The van der Waals surface area contributed by atoms with E-state index in [4.69, 9.17) is 16.3 Å². The van der Waals surface area contributed by atoms with Crippen molar-refractivity contribution in [1.29, 1.82) is 0 Å². The molecule has 1 atom stereocenters. The van der Waals surface area contributed by atoms with Crippen LogP contribution in [0.1, 0.15) is 29.8 Å². The minimum Gasteiger partial charge on any atom is -0.496 e. The van der Waals surface area contributed by atoms with Crippen LogP contribution < -0.4 is 10.1 Å². The second kappa shape index (κ2) is 7.46. The quantitative estimate of drug-likeness (QED) is 0.744. The van der Waals surface area contributed by atoms with Gasteiger partial charge >= 0.3 is 0 Å². The van der Waals surface area contributed by atoms with Gasteiger partial charge in [0, 0.05) is 19.9 Å². The normalized spacial score (nSPS) is 12.4. The highest BCUT2D eigenvalue weighted by Crippen LogP contribution is 2.37. The molecule has 2 nitrogen and oxygen atoms in total. The van der Waals surface area contributed by atoms with E-state index in [-0.39, 0.29) is 6.04 Å². The number of methoxy groups -OCH3 is 1. The van der Waals surface area contributed by atoms with Crippen molar-refractivity contribution in [3.8, 4) is 5.75 Å². The first-order valence-electron chi connectivity index (χ1n) is 6.47. The molecule has 5 heteroatoms. The molecule has 0 aliphatic carbocycles. The molecule has 0 aliphatic rings. The van der Waals surface area contributed by atoms with Gasteiger partial charge in [0.05, 0.1) is 13.2 Å². The predicted octanol–water partition coefficient (Wildman–Crippen LogP) is 5.26. The molecule has 1 unspecified atom stereocenters. The third-order valence-corrected chi connectivity index (χ3v) is 5.18. The van der Waals surface area contributed by atoms with E-state index >= 15 is 0 Å². The molecule has 0 radical (unpaired) electrons. The van der Waals surface area contributed by atoms with E-state index in [1.54, 1.807) is 18.4 Å². The monoisotopic (exact) mass is 373 g/mol. The van der Waals surface area contributed by atoms with Crippen LogP contribution in [0.4, 0.5) is 0 Å². The van der Waals surface area contributed by atoms with Crippen molar-refractivity contribution in [2.75, 3.05) is 13.7 Å². The Morgan fingerprint density at radius 3 is 2.80 bits per heavy atom. The Kier molecular flexibility index (Phi) is 5.90. The summed E-state index contributed by atoms with van der Waals surface area (Å²) in [5, 5.41) is 6.35. The second-order valence-corrected chi connectivity index (χ2v) is 6.64. The molecule has 1 heterocycles. The first-order valence-corrected chi connectivity index (χ1v) is 8.52. The van der Waals surface area contributed by atoms with Gasteiger partial charge in [-0.3, -0.25) is 0 Å². The van der Waals surface area contributed by atoms with Crippen molar-refractivity contribution < 1.29 is 4.74 Å². The first kappa shape index (κ1) is 15.8. The summed E-state index contributed by atoms with van der Waals surface area (Å²) >= 11 is 11.4. The lowest BCUT2D eigenvalue weighted by molar-refractivity contribution is 0.404. The van der Waals surface area contributed by atoms with E-state index < -0.39 is 0 Å². The van der Waals surface area contributed by atoms with Gasteiger partial charge in [0.2, 0.25) is 0 Å². The fourth-order valence-corrected chi connectivity index (χ4v) is 3.92. The Morgan fingerprint density at radius 1 is 1.40 bits per heavy atom. The molecule has 0 fully saturated rings. The van der Waals surface area contributed by atoms with Crippen molar-refractivity contribution in [2.24, 2.45) is 0 Å². The Bertz CT molecular complexity index is 573. The van der Waals surface area contributed by atoms with E-state index in [0.29, 0.717) is 5.02 Å². The van der Waals surface area contributed by atoms with Crippen LogP contribution in [0, 0.1) is 0 Å². The van der Waals surface area contributed by atoms with Crippen molar-refractivity contribution in [1.82, 2.24) is 5.32 Å². The SMILES string of the molecule is CCCNC(c1ccc(Cl)cc1OC)c1sccc1Br. The minimum absolute atomic E-state index is 0.108. The van der Waals surface area contributed by atoms with E-state index in [2.05, 4.69) is 39.6 Å². The number of thiophene rings is 1. The summed E-state index contributed by atoms with van der Waals surface area (Å²) in [6.07, 6.45) is 1.08. The third-order valence-electron chi connectivity index (χ3n) is 3.01. The average molecular weight is 375 g/mol. The summed E-state index contributed by atoms with van der Waals surface area (Å²) in [6, 6.07) is 7.97. The third kappa shape index (κ3) is 3.55. The van der Waals surface area contributed by atoms with E-state index in [1.165, 1.54) is 4.88 Å². The summed E-state index contributed by atoms with van der Waals surface area (Å²) in [5.41, 5.74) is 1.11. The molecule has 0 saturated carbocycles. The summed E-state index contributed by atoms with van der Waals surface area (Å²) < 4.78 is 6.61. The van der Waals surface area contributed by atoms with Gasteiger partial charge in [-0.2, -0.15) is 0 Å². The van der Waals surface area contributed by atoms with Crippen LogP contribution in [0.15, 0.2) is 34.1 Å². The zero-order valence-electron chi connectivity index (χ0n) is 11.5. The lowest BCUT2D eigenvalue weighted by Gasteiger charge is -2.21. The van der Waals surface area contributed by atoms with E-state index in [1.807, 2.05) is 18.2 Å².